The monoisotopic (exact) mass is 346 g/mol. The van der Waals surface area contributed by atoms with E-state index in [4.69, 9.17) is 16.3 Å². The largest absolute Gasteiger partial charge is 0.461 e. The van der Waals surface area contributed by atoms with Crippen LogP contribution in [0.5, 0.6) is 0 Å². The van der Waals surface area contributed by atoms with Gasteiger partial charge in [0.15, 0.2) is 0 Å². The Labute approximate surface area is 149 Å². The second-order valence-electron chi connectivity index (χ2n) is 6.71. The van der Waals surface area contributed by atoms with E-state index in [0.29, 0.717) is 0 Å². The molecule has 1 unspecified atom stereocenters. The summed E-state index contributed by atoms with van der Waals surface area (Å²) in [6.07, 6.45) is 19.4. The molecule has 23 heavy (non-hydrogen) atoms. The minimum atomic E-state index is -0.274. The molecule has 0 heterocycles. The Hall–Kier alpha value is -0.240. The van der Waals surface area contributed by atoms with Crippen molar-refractivity contribution in [2.75, 3.05) is 5.88 Å². The Balaban J connectivity index is 3.37. The van der Waals surface area contributed by atoms with Gasteiger partial charge in [-0.05, 0) is 19.3 Å². The smallest absolute Gasteiger partial charge is 0.321 e. The van der Waals surface area contributed by atoms with E-state index in [1.807, 2.05) is 0 Å². The third-order valence-electron chi connectivity index (χ3n) is 4.40. The number of alkyl halides is 1. The number of rotatable bonds is 17. The summed E-state index contributed by atoms with van der Waals surface area (Å²) < 4.78 is 5.37. The van der Waals surface area contributed by atoms with Crippen LogP contribution < -0.4 is 0 Å². The van der Waals surface area contributed by atoms with E-state index < -0.39 is 0 Å². The molecule has 0 aliphatic carbocycles. The lowest BCUT2D eigenvalue weighted by molar-refractivity contribution is -0.146. The lowest BCUT2D eigenvalue weighted by Crippen LogP contribution is -2.18. The van der Waals surface area contributed by atoms with Crippen LogP contribution in [0.15, 0.2) is 0 Å². The summed E-state index contributed by atoms with van der Waals surface area (Å²) in [7, 11) is 0. The summed E-state index contributed by atoms with van der Waals surface area (Å²) in [5.41, 5.74) is 0. The molecule has 0 N–H and O–H groups in total. The molecule has 0 aromatic carbocycles. The molecule has 0 rings (SSSR count). The van der Waals surface area contributed by atoms with Gasteiger partial charge in [-0.1, -0.05) is 90.9 Å². The number of carbonyl (C=O) groups excluding carboxylic acids is 1. The van der Waals surface area contributed by atoms with E-state index in [9.17, 15) is 4.79 Å². The summed E-state index contributed by atoms with van der Waals surface area (Å²) in [6.45, 7) is 4.40. The molecule has 0 amide bonds. The maximum Gasteiger partial charge on any atom is 0.321 e. The van der Waals surface area contributed by atoms with Crippen molar-refractivity contribution in [2.45, 2.75) is 116 Å². The van der Waals surface area contributed by atoms with Crippen LogP contribution in [0.2, 0.25) is 0 Å². The van der Waals surface area contributed by atoms with E-state index in [0.717, 1.165) is 25.7 Å². The summed E-state index contributed by atoms with van der Waals surface area (Å²) in [5, 5.41) is 0. The van der Waals surface area contributed by atoms with Crippen molar-refractivity contribution in [1.82, 2.24) is 0 Å². The van der Waals surface area contributed by atoms with Gasteiger partial charge in [-0.15, -0.1) is 11.6 Å². The number of unbranched alkanes of at least 4 members (excludes halogenated alkanes) is 11. The van der Waals surface area contributed by atoms with E-state index in [2.05, 4.69) is 13.8 Å². The van der Waals surface area contributed by atoms with Gasteiger partial charge in [-0.25, -0.2) is 0 Å². The van der Waals surface area contributed by atoms with Crippen LogP contribution >= 0.6 is 11.6 Å². The van der Waals surface area contributed by atoms with Gasteiger partial charge in [0, 0.05) is 0 Å². The van der Waals surface area contributed by atoms with Gasteiger partial charge < -0.3 is 4.74 Å². The van der Waals surface area contributed by atoms with Crippen molar-refractivity contribution in [2.24, 2.45) is 0 Å². The van der Waals surface area contributed by atoms with Gasteiger partial charge in [0.1, 0.15) is 12.0 Å². The normalized spacial score (nSPS) is 12.3. The standard InChI is InChI=1S/C20H39ClO2/c1-3-5-6-7-8-9-10-11-12-13-14-15-17-19(16-4-2)23-20(22)18-21/h19H,3-18H2,1-2H3. The SMILES string of the molecule is CCCCCCCCCCCCCCC(CCC)OC(=O)CCl. The van der Waals surface area contributed by atoms with Crippen molar-refractivity contribution in [1.29, 1.82) is 0 Å². The molecule has 1 atom stereocenters. The lowest BCUT2D eigenvalue weighted by Gasteiger charge is -2.16. The molecular formula is C20H39ClO2. The predicted octanol–water partition coefficient (Wildman–Crippen LogP) is 7.03. The van der Waals surface area contributed by atoms with E-state index in [1.165, 1.54) is 70.6 Å². The van der Waals surface area contributed by atoms with Gasteiger partial charge >= 0.3 is 5.97 Å². The molecule has 3 heteroatoms. The van der Waals surface area contributed by atoms with Crippen LogP contribution in [0.25, 0.3) is 0 Å². The molecule has 0 saturated carbocycles. The predicted molar refractivity (Wildman–Crippen MR) is 101 cm³/mol. The second-order valence-corrected chi connectivity index (χ2v) is 6.98. The van der Waals surface area contributed by atoms with Crippen LogP contribution in [0.4, 0.5) is 0 Å². The zero-order valence-electron chi connectivity index (χ0n) is 15.6. The number of carbonyl (C=O) groups is 1. The zero-order valence-corrected chi connectivity index (χ0v) is 16.3. The van der Waals surface area contributed by atoms with Crippen LogP contribution in [0, 0.1) is 0 Å². The van der Waals surface area contributed by atoms with Crippen LogP contribution in [-0.4, -0.2) is 18.0 Å². The molecule has 0 aliphatic rings. The van der Waals surface area contributed by atoms with Gasteiger partial charge in [0.05, 0.1) is 0 Å². The molecule has 0 aliphatic heterocycles. The van der Waals surface area contributed by atoms with Crippen LogP contribution in [0.1, 0.15) is 110 Å². The van der Waals surface area contributed by atoms with Crippen LogP contribution in [0.3, 0.4) is 0 Å². The molecular weight excluding hydrogens is 308 g/mol. The average Bonchev–Trinajstić information content (AvgIpc) is 2.55. The van der Waals surface area contributed by atoms with Crippen molar-refractivity contribution in [3.63, 3.8) is 0 Å². The Morgan fingerprint density at radius 3 is 1.65 bits per heavy atom. The fourth-order valence-corrected chi connectivity index (χ4v) is 3.08. The molecule has 0 fully saturated rings. The first-order valence-corrected chi connectivity index (χ1v) is 10.5. The van der Waals surface area contributed by atoms with Crippen molar-refractivity contribution >= 4 is 17.6 Å². The van der Waals surface area contributed by atoms with Crippen molar-refractivity contribution in [3.8, 4) is 0 Å². The summed E-state index contributed by atoms with van der Waals surface area (Å²) in [4.78, 5) is 11.3. The summed E-state index contributed by atoms with van der Waals surface area (Å²) >= 11 is 5.50. The summed E-state index contributed by atoms with van der Waals surface area (Å²) in [5.74, 6) is -0.303. The fraction of sp³-hybridized carbons (Fsp3) is 0.950. The fourth-order valence-electron chi connectivity index (χ4n) is 3.01. The Bertz CT molecular complexity index is 256. The highest BCUT2D eigenvalue weighted by Gasteiger charge is 2.12. The maximum atomic E-state index is 11.3. The van der Waals surface area contributed by atoms with Gasteiger partial charge in [0.25, 0.3) is 0 Å². The Kier molecular flexibility index (Phi) is 17.9. The molecule has 0 saturated heterocycles. The molecule has 2 nitrogen and oxygen atoms in total. The Morgan fingerprint density at radius 2 is 1.22 bits per heavy atom. The Morgan fingerprint density at radius 1 is 0.739 bits per heavy atom. The minimum absolute atomic E-state index is 0.0291. The number of esters is 1. The zero-order chi connectivity index (χ0) is 17.2. The molecule has 0 aromatic rings. The highest BCUT2D eigenvalue weighted by atomic mass is 35.5. The molecule has 138 valence electrons. The first kappa shape index (κ1) is 22.8. The highest BCUT2D eigenvalue weighted by Crippen LogP contribution is 2.15. The average molecular weight is 347 g/mol. The number of ether oxygens (including phenoxy) is 1. The van der Waals surface area contributed by atoms with Gasteiger partial charge in [0.2, 0.25) is 0 Å². The van der Waals surface area contributed by atoms with E-state index in [-0.39, 0.29) is 18.0 Å². The second kappa shape index (κ2) is 18.1. The van der Waals surface area contributed by atoms with Crippen molar-refractivity contribution in [3.05, 3.63) is 0 Å². The van der Waals surface area contributed by atoms with Gasteiger partial charge in [-0.2, -0.15) is 0 Å². The van der Waals surface area contributed by atoms with Crippen LogP contribution in [-0.2, 0) is 9.53 Å². The minimum Gasteiger partial charge on any atom is -0.461 e. The third-order valence-corrected chi connectivity index (χ3v) is 4.62. The van der Waals surface area contributed by atoms with Crippen molar-refractivity contribution < 1.29 is 9.53 Å². The van der Waals surface area contributed by atoms with E-state index >= 15 is 0 Å². The maximum absolute atomic E-state index is 11.3. The molecule has 0 spiro atoms. The lowest BCUT2D eigenvalue weighted by atomic mass is 10.0. The number of halogens is 1. The third kappa shape index (κ3) is 16.4. The topological polar surface area (TPSA) is 26.3 Å². The first-order valence-electron chi connectivity index (χ1n) is 10.00. The molecule has 0 aromatic heterocycles. The number of hydrogen-bond donors (Lipinski definition) is 0. The number of hydrogen-bond acceptors (Lipinski definition) is 2. The van der Waals surface area contributed by atoms with E-state index in [1.54, 1.807) is 0 Å². The first-order chi connectivity index (χ1) is 11.2. The molecule has 0 radical (unpaired) electrons. The quantitative estimate of drug-likeness (QED) is 0.160. The van der Waals surface area contributed by atoms with Gasteiger partial charge in [-0.3, -0.25) is 4.79 Å². The highest BCUT2D eigenvalue weighted by molar-refractivity contribution is 6.26. The summed E-state index contributed by atoms with van der Waals surface area (Å²) in [6, 6.07) is 0. The molecule has 0 bridgehead atoms.